The molecule has 0 aliphatic carbocycles. The lowest BCUT2D eigenvalue weighted by molar-refractivity contribution is 0.112. The molecule has 0 saturated carbocycles. The van der Waals surface area contributed by atoms with E-state index in [1.807, 2.05) is 0 Å². The van der Waals surface area contributed by atoms with Crippen LogP contribution in [0, 0.1) is 11.6 Å². The van der Waals surface area contributed by atoms with Crippen LogP contribution in [-0.4, -0.2) is 19.3 Å². The Labute approximate surface area is 160 Å². The Morgan fingerprint density at radius 3 is 2.46 bits per heavy atom. The highest BCUT2D eigenvalue weighted by molar-refractivity contribution is 5.79. The summed E-state index contributed by atoms with van der Waals surface area (Å²) in [7, 11) is 0. The van der Waals surface area contributed by atoms with E-state index >= 15 is 0 Å². The highest BCUT2D eigenvalue weighted by Crippen LogP contribution is 2.23. The third kappa shape index (κ3) is 5.56. The number of alkyl halides is 2. The summed E-state index contributed by atoms with van der Waals surface area (Å²) in [6.07, 6.45) is -2.04. The van der Waals surface area contributed by atoms with Gasteiger partial charge in [-0.15, -0.1) is 0 Å². The molecule has 0 heterocycles. The molecule has 0 unspecified atom stereocenters. The molecule has 0 fully saturated rings. The van der Waals surface area contributed by atoms with Crippen molar-refractivity contribution < 1.29 is 22.4 Å². The molecule has 0 bridgehead atoms. The zero-order chi connectivity index (χ0) is 20.7. The van der Waals surface area contributed by atoms with E-state index in [1.165, 1.54) is 6.07 Å². The van der Waals surface area contributed by atoms with Gasteiger partial charge in [-0.2, -0.15) is 0 Å². The number of halogens is 4. The van der Waals surface area contributed by atoms with Crippen LogP contribution in [0.3, 0.4) is 0 Å². The number of hydrogen-bond acceptors (Lipinski definition) is 4. The summed E-state index contributed by atoms with van der Waals surface area (Å²) in [4.78, 5) is 11.2. The van der Waals surface area contributed by atoms with Crippen LogP contribution in [0.1, 0.15) is 34.8 Å². The topological polar surface area (TPSA) is 67.1 Å². The summed E-state index contributed by atoms with van der Waals surface area (Å²) in [6.45, 7) is 1.87. The van der Waals surface area contributed by atoms with Gasteiger partial charge in [0.1, 0.15) is 23.6 Å². The monoisotopic (exact) mass is 395 g/mol. The maximum absolute atomic E-state index is 13.8. The average molecular weight is 395 g/mol. The van der Waals surface area contributed by atoms with Crippen LogP contribution in [0.2, 0.25) is 0 Å². The first-order valence-corrected chi connectivity index (χ1v) is 8.58. The highest BCUT2D eigenvalue weighted by Gasteiger charge is 2.12. The number of anilines is 1. The molecule has 8 heteroatoms. The Balaban J connectivity index is 2.23. The first kappa shape index (κ1) is 21.4. The highest BCUT2D eigenvalue weighted by atomic mass is 19.3. The summed E-state index contributed by atoms with van der Waals surface area (Å²) in [5.41, 5.74) is 7.84. The number of benzene rings is 2. The summed E-state index contributed by atoms with van der Waals surface area (Å²) in [5.74, 6) is -1.51. The molecule has 0 aromatic heterocycles. The number of nitrogens with one attached hydrogen (secondary N) is 2. The molecule has 28 heavy (non-hydrogen) atoms. The quantitative estimate of drug-likeness (QED) is 0.337. The summed E-state index contributed by atoms with van der Waals surface area (Å²) >= 11 is 0. The van der Waals surface area contributed by atoms with Gasteiger partial charge in [-0.25, -0.2) is 17.6 Å². The Kier molecular flexibility index (Phi) is 7.57. The first-order chi connectivity index (χ1) is 13.3. The molecule has 150 valence electrons. The Morgan fingerprint density at radius 1 is 1.18 bits per heavy atom. The number of nitrogens with two attached hydrogens (primary N) is 1. The van der Waals surface area contributed by atoms with Crippen molar-refractivity contribution in [1.82, 2.24) is 5.32 Å². The predicted molar refractivity (Wildman–Crippen MR) is 101 cm³/mol. The Morgan fingerprint density at radius 2 is 1.86 bits per heavy atom. The van der Waals surface area contributed by atoms with Crippen LogP contribution in [-0.2, 0) is 6.54 Å². The largest absolute Gasteiger partial charge is 0.397 e. The van der Waals surface area contributed by atoms with E-state index < -0.39 is 18.1 Å². The van der Waals surface area contributed by atoms with Crippen LogP contribution in [0.15, 0.2) is 42.1 Å². The van der Waals surface area contributed by atoms with Crippen molar-refractivity contribution in [2.24, 2.45) is 5.73 Å². The van der Waals surface area contributed by atoms with E-state index in [4.69, 9.17) is 5.73 Å². The Hall–Kier alpha value is -2.87. The van der Waals surface area contributed by atoms with Crippen molar-refractivity contribution in [3.63, 3.8) is 0 Å². The second kappa shape index (κ2) is 9.89. The number of rotatable bonds is 9. The van der Waals surface area contributed by atoms with Crippen molar-refractivity contribution in [2.45, 2.75) is 26.3 Å². The number of aldehydes is 1. The van der Waals surface area contributed by atoms with E-state index in [2.05, 4.69) is 10.6 Å². The predicted octanol–water partition coefficient (Wildman–Crippen LogP) is 4.28. The van der Waals surface area contributed by atoms with Crippen molar-refractivity contribution in [3.05, 3.63) is 70.4 Å². The fourth-order valence-electron chi connectivity index (χ4n) is 2.56. The van der Waals surface area contributed by atoms with Gasteiger partial charge in [0.2, 0.25) is 6.43 Å². The lowest BCUT2D eigenvalue weighted by Gasteiger charge is -2.14. The van der Waals surface area contributed by atoms with Gasteiger partial charge in [-0.1, -0.05) is 18.2 Å². The van der Waals surface area contributed by atoms with Gasteiger partial charge < -0.3 is 16.4 Å². The van der Waals surface area contributed by atoms with E-state index in [-0.39, 0.29) is 30.9 Å². The Bertz CT molecular complexity index is 848. The van der Waals surface area contributed by atoms with Crippen LogP contribution in [0.25, 0.3) is 5.70 Å². The van der Waals surface area contributed by atoms with Crippen LogP contribution >= 0.6 is 0 Å². The third-order valence-electron chi connectivity index (χ3n) is 4.11. The zero-order valence-corrected chi connectivity index (χ0v) is 15.2. The number of carbonyl (C=O) groups is 1. The maximum atomic E-state index is 13.8. The lowest BCUT2D eigenvalue weighted by atomic mass is 10.0. The standard InChI is InChI=1S/C20H21F4N3O/c1-12(27-20-16(21)3-2-4-17(20)22)19(25)13-5-6-14(11-28)15(9-13)10-26-8-7-18(23)24/h2-6,9,11,18,26-27H,7-8,10,25H2,1H3/b19-12-. The molecular weight excluding hydrogens is 374 g/mol. The molecule has 0 spiro atoms. The SMILES string of the molecule is C/C(Nc1c(F)cccc1F)=C(/N)c1ccc(C=O)c(CNCCC(F)F)c1. The molecule has 0 atom stereocenters. The van der Waals surface area contributed by atoms with Gasteiger partial charge >= 0.3 is 0 Å². The molecule has 4 N–H and O–H groups in total. The number of para-hydroxylation sites is 1. The summed E-state index contributed by atoms with van der Waals surface area (Å²) in [5, 5.41) is 5.47. The fraction of sp³-hybridized carbons (Fsp3) is 0.250. The average Bonchev–Trinajstić information content (AvgIpc) is 2.67. The van der Waals surface area contributed by atoms with E-state index in [1.54, 1.807) is 25.1 Å². The van der Waals surface area contributed by atoms with Gasteiger partial charge in [0.05, 0.1) is 5.70 Å². The summed E-state index contributed by atoms with van der Waals surface area (Å²) in [6, 6.07) is 8.29. The molecular formula is C20H21F4N3O. The molecule has 4 nitrogen and oxygen atoms in total. The van der Waals surface area contributed by atoms with Crippen LogP contribution in [0.5, 0.6) is 0 Å². The van der Waals surface area contributed by atoms with Gasteiger partial charge in [-0.3, -0.25) is 4.79 Å². The molecule has 2 aromatic carbocycles. The number of allylic oxidation sites excluding steroid dienone is 1. The molecule has 2 aromatic rings. The smallest absolute Gasteiger partial charge is 0.239 e. The van der Waals surface area contributed by atoms with Crippen molar-refractivity contribution in [2.75, 3.05) is 11.9 Å². The second-order valence-electron chi connectivity index (χ2n) is 6.15. The number of hydrogen-bond donors (Lipinski definition) is 3. The zero-order valence-electron chi connectivity index (χ0n) is 15.2. The van der Waals surface area contributed by atoms with Crippen molar-refractivity contribution in [3.8, 4) is 0 Å². The van der Waals surface area contributed by atoms with E-state index in [0.29, 0.717) is 28.7 Å². The van der Waals surface area contributed by atoms with Crippen LogP contribution in [0.4, 0.5) is 23.2 Å². The van der Waals surface area contributed by atoms with Gasteiger partial charge in [0, 0.05) is 30.8 Å². The minimum absolute atomic E-state index is 0.0959. The van der Waals surface area contributed by atoms with Gasteiger partial charge in [0.25, 0.3) is 0 Å². The molecule has 2 rings (SSSR count). The van der Waals surface area contributed by atoms with E-state index in [9.17, 15) is 22.4 Å². The maximum Gasteiger partial charge on any atom is 0.239 e. The molecule has 0 amide bonds. The normalized spacial score (nSPS) is 12.1. The fourth-order valence-corrected chi connectivity index (χ4v) is 2.56. The van der Waals surface area contributed by atoms with Crippen molar-refractivity contribution in [1.29, 1.82) is 0 Å². The lowest BCUT2D eigenvalue weighted by Crippen LogP contribution is -2.18. The number of carbonyl (C=O) groups excluding carboxylic acids is 1. The minimum Gasteiger partial charge on any atom is -0.397 e. The first-order valence-electron chi connectivity index (χ1n) is 8.58. The van der Waals surface area contributed by atoms with Gasteiger partial charge in [-0.05, 0) is 36.2 Å². The van der Waals surface area contributed by atoms with Crippen LogP contribution < -0.4 is 16.4 Å². The second-order valence-corrected chi connectivity index (χ2v) is 6.15. The molecule has 0 aliphatic heterocycles. The van der Waals surface area contributed by atoms with Crippen molar-refractivity contribution >= 4 is 17.7 Å². The third-order valence-corrected chi connectivity index (χ3v) is 4.11. The van der Waals surface area contributed by atoms with Gasteiger partial charge in [0.15, 0.2) is 0 Å². The molecule has 0 aliphatic rings. The molecule has 0 saturated heterocycles. The molecule has 0 radical (unpaired) electrons. The minimum atomic E-state index is -2.41. The van der Waals surface area contributed by atoms with E-state index in [0.717, 1.165) is 12.1 Å². The summed E-state index contributed by atoms with van der Waals surface area (Å²) < 4.78 is 52.0.